The van der Waals surface area contributed by atoms with Gasteiger partial charge >= 0.3 is 6.09 Å². The minimum absolute atomic E-state index is 0.113. The third kappa shape index (κ3) is 3.97. The quantitative estimate of drug-likeness (QED) is 0.848. The number of nitrogens with one attached hydrogen (secondary N) is 1. The summed E-state index contributed by atoms with van der Waals surface area (Å²) in [6.07, 6.45) is 2.86. The molecular formula is C16H22N2O3. The Bertz CT molecular complexity index is 476. The van der Waals surface area contributed by atoms with Crippen molar-refractivity contribution in [3.63, 3.8) is 0 Å². The Balaban J connectivity index is 2.17. The lowest BCUT2D eigenvalue weighted by Gasteiger charge is -2.32. The molecule has 1 heterocycles. The van der Waals surface area contributed by atoms with Gasteiger partial charge in [-0.1, -0.05) is 31.5 Å². The van der Waals surface area contributed by atoms with Crippen LogP contribution in [0.3, 0.4) is 0 Å². The van der Waals surface area contributed by atoms with Crippen LogP contribution in [-0.2, 0) is 9.53 Å². The zero-order chi connectivity index (χ0) is 15.1. The maximum atomic E-state index is 12.4. The van der Waals surface area contributed by atoms with E-state index in [9.17, 15) is 9.59 Å². The lowest BCUT2D eigenvalue weighted by Crippen LogP contribution is -2.53. The van der Waals surface area contributed by atoms with Gasteiger partial charge < -0.3 is 10.1 Å². The maximum absolute atomic E-state index is 12.4. The van der Waals surface area contributed by atoms with Gasteiger partial charge in [-0.15, -0.1) is 0 Å². The number of benzene rings is 1. The Morgan fingerprint density at radius 2 is 2.14 bits per heavy atom. The molecule has 2 amide bonds. The highest BCUT2D eigenvalue weighted by Gasteiger charge is 2.33. The number of hydrogen-bond acceptors (Lipinski definition) is 3. The molecule has 0 spiro atoms. The van der Waals surface area contributed by atoms with Crippen molar-refractivity contribution in [2.75, 3.05) is 18.1 Å². The van der Waals surface area contributed by atoms with Crippen LogP contribution in [0.2, 0.25) is 0 Å². The predicted molar refractivity (Wildman–Crippen MR) is 81.2 cm³/mol. The maximum Gasteiger partial charge on any atom is 0.415 e. The van der Waals surface area contributed by atoms with Crippen LogP contribution >= 0.6 is 0 Å². The fourth-order valence-electron chi connectivity index (χ4n) is 2.38. The van der Waals surface area contributed by atoms with Gasteiger partial charge in [0.2, 0.25) is 5.91 Å². The molecule has 1 saturated heterocycles. The van der Waals surface area contributed by atoms with Gasteiger partial charge in [-0.3, -0.25) is 9.69 Å². The van der Waals surface area contributed by atoms with Crippen LogP contribution in [0, 0.1) is 0 Å². The average molecular weight is 290 g/mol. The fraction of sp³-hybridized carbons (Fsp3) is 0.500. The van der Waals surface area contributed by atoms with Gasteiger partial charge in [0.1, 0.15) is 6.04 Å². The van der Waals surface area contributed by atoms with Crippen molar-refractivity contribution >= 4 is 17.7 Å². The van der Waals surface area contributed by atoms with Crippen LogP contribution in [0.15, 0.2) is 30.3 Å². The molecule has 0 saturated carbocycles. The Kier molecular flexibility index (Phi) is 5.60. The average Bonchev–Trinajstić information content (AvgIpc) is 2.51. The molecule has 0 aromatic heterocycles. The molecule has 1 aliphatic rings. The Morgan fingerprint density at radius 1 is 1.38 bits per heavy atom. The van der Waals surface area contributed by atoms with Crippen molar-refractivity contribution in [3.05, 3.63) is 30.3 Å². The number of carbonyl (C=O) groups excluding carboxylic acids is 2. The second kappa shape index (κ2) is 7.67. The molecule has 1 fully saturated rings. The summed E-state index contributed by atoms with van der Waals surface area (Å²) in [6.45, 7) is 3.09. The number of rotatable bonds is 5. The van der Waals surface area contributed by atoms with Crippen molar-refractivity contribution in [2.45, 2.75) is 38.6 Å². The summed E-state index contributed by atoms with van der Waals surface area (Å²) < 4.78 is 5.31. The summed E-state index contributed by atoms with van der Waals surface area (Å²) in [6, 6.07) is 8.73. The molecule has 1 atom stereocenters. The van der Waals surface area contributed by atoms with E-state index in [1.54, 1.807) is 0 Å². The van der Waals surface area contributed by atoms with Gasteiger partial charge in [-0.2, -0.15) is 0 Å². The molecule has 0 bridgehead atoms. The third-order valence-corrected chi connectivity index (χ3v) is 3.52. The molecule has 1 aliphatic heterocycles. The molecule has 2 rings (SSSR count). The first-order valence-electron chi connectivity index (χ1n) is 7.52. The third-order valence-electron chi connectivity index (χ3n) is 3.52. The molecule has 1 aromatic rings. The Morgan fingerprint density at radius 3 is 2.81 bits per heavy atom. The predicted octanol–water partition coefficient (Wildman–Crippen LogP) is 2.71. The van der Waals surface area contributed by atoms with Gasteiger partial charge in [-0.05, 0) is 31.4 Å². The highest BCUT2D eigenvalue weighted by atomic mass is 16.6. The van der Waals surface area contributed by atoms with Crippen molar-refractivity contribution in [2.24, 2.45) is 0 Å². The highest BCUT2D eigenvalue weighted by molar-refractivity contribution is 5.97. The zero-order valence-electron chi connectivity index (χ0n) is 12.4. The number of ether oxygens (including phenoxy) is 1. The fourth-order valence-corrected chi connectivity index (χ4v) is 2.38. The first-order valence-corrected chi connectivity index (χ1v) is 7.52. The van der Waals surface area contributed by atoms with E-state index >= 15 is 0 Å². The van der Waals surface area contributed by atoms with Crippen LogP contribution in [0.4, 0.5) is 10.5 Å². The van der Waals surface area contributed by atoms with Crippen molar-refractivity contribution in [1.29, 1.82) is 0 Å². The first-order chi connectivity index (χ1) is 10.2. The molecule has 114 valence electrons. The summed E-state index contributed by atoms with van der Waals surface area (Å²) in [7, 11) is 0. The number of piperidine rings is 1. The van der Waals surface area contributed by atoms with Crippen LogP contribution in [0.1, 0.15) is 32.6 Å². The van der Waals surface area contributed by atoms with Crippen LogP contribution in [0.25, 0.3) is 0 Å². The summed E-state index contributed by atoms with van der Waals surface area (Å²) in [4.78, 5) is 25.9. The molecule has 5 heteroatoms. The van der Waals surface area contributed by atoms with Crippen molar-refractivity contribution < 1.29 is 14.3 Å². The standard InChI is InChI=1S/C16H22N2O3/c1-2-3-12-21-16(20)18(13-8-5-4-6-9-13)14-10-7-11-17-15(14)19/h4-6,8-9,14H,2-3,7,10-12H2,1H3,(H,17,19). The van der Waals surface area contributed by atoms with E-state index in [2.05, 4.69) is 5.32 Å². The minimum atomic E-state index is -0.490. The molecule has 0 radical (unpaired) electrons. The number of hydrogen-bond donors (Lipinski definition) is 1. The van der Waals surface area contributed by atoms with Gasteiger partial charge in [0, 0.05) is 12.2 Å². The second-order valence-electron chi connectivity index (χ2n) is 5.12. The van der Waals surface area contributed by atoms with E-state index in [0.717, 1.165) is 19.3 Å². The summed E-state index contributed by atoms with van der Waals surface area (Å²) in [5.41, 5.74) is 0.695. The number of para-hydroxylation sites is 1. The summed E-state index contributed by atoms with van der Waals surface area (Å²) >= 11 is 0. The molecule has 5 nitrogen and oxygen atoms in total. The van der Waals surface area contributed by atoms with E-state index in [1.165, 1.54) is 4.90 Å². The monoisotopic (exact) mass is 290 g/mol. The number of carbonyl (C=O) groups is 2. The molecule has 1 N–H and O–H groups in total. The first kappa shape index (κ1) is 15.4. The number of unbranched alkanes of at least 4 members (excludes halogenated alkanes) is 1. The lowest BCUT2D eigenvalue weighted by atomic mass is 10.0. The van der Waals surface area contributed by atoms with Crippen LogP contribution < -0.4 is 10.2 Å². The van der Waals surface area contributed by atoms with Gasteiger partial charge in [0.05, 0.1) is 6.61 Å². The molecule has 0 aliphatic carbocycles. The lowest BCUT2D eigenvalue weighted by molar-refractivity contribution is -0.123. The number of nitrogens with zero attached hydrogens (tertiary/aromatic N) is 1. The van der Waals surface area contributed by atoms with Gasteiger partial charge in [-0.25, -0.2) is 4.79 Å². The highest BCUT2D eigenvalue weighted by Crippen LogP contribution is 2.22. The summed E-state index contributed by atoms with van der Waals surface area (Å²) in [5, 5.41) is 2.82. The zero-order valence-corrected chi connectivity index (χ0v) is 12.4. The van der Waals surface area contributed by atoms with Gasteiger partial charge in [0.15, 0.2) is 0 Å². The number of anilines is 1. The number of amides is 2. The van der Waals surface area contributed by atoms with Crippen LogP contribution in [0.5, 0.6) is 0 Å². The topological polar surface area (TPSA) is 58.6 Å². The summed E-state index contributed by atoms with van der Waals surface area (Å²) in [5.74, 6) is -0.113. The largest absolute Gasteiger partial charge is 0.449 e. The normalized spacial score (nSPS) is 18.0. The Hall–Kier alpha value is -2.04. The Labute approximate surface area is 125 Å². The molecule has 1 unspecified atom stereocenters. The molecule has 1 aromatic carbocycles. The van der Waals surface area contributed by atoms with E-state index in [-0.39, 0.29) is 5.91 Å². The van der Waals surface area contributed by atoms with Crippen LogP contribution in [-0.4, -0.2) is 31.2 Å². The van der Waals surface area contributed by atoms with E-state index < -0.39 is 12.1 Å². The van der Waals surface area contributed by atoms with Crippen molar-refractivity contribution in [3.8, 4) is 0 Å². The van der Waals surface area contributed by atoms with E-state index in [1.807, 2.05) is 37.3 Å². The SMILES string of the molecule is CCCCOC(=O)N(c1ccccc1)C1CCCNC1=O. The minimum Gasteiger partial charge on any atom is -0.449 e. The van der Waals surface area contributed by atoms with E-state index in [4.69, 9.17) is 4.74 Å². The van der Waals surface area contributed by atoms with Gasteiger partial charge in [0.25, 0.3) is 0 Å². The van der Waals surface area contributed by atoms with Crippen molar-refractivity contribution in [1.82, 2.24) is 5.32 Å². The molecule has 21 heavy (non-hydrogen) atoms. The smallest absolute Gasteiger partial charge is 0.415 e. The second-order valence-corrected chi connectivity index (χ2v) is 5.12. The van der Waals surface area contributed by atoms with E-state index in [0.29, 0.717) is 25.3 Å². The molecular weight excluding hydrogens is 268 g/mol.